The summed E-state index contributed by atoms with van der Waals surface area (Å²) in [6.45, 7) is 8.94. The third kappa shape index (κ3) is 5.68. The Morgan fingerprint density at radius 3 is 2.11 bits per heavy atom. The Morgan fingerprint density at radius 1 is 1.00 bits per heavy atom. The SMILES string of the molecule is CCCCC(Cc1ccc(CC)cc1)NC(C)C. The Balaban J connectivity index is 2.56. The normalized spacial score (nSPS) is 12.9. The van der Waals surface area contributed by atoms with E-state index in [1.165, 1.54) is 30.4 Å². The predicted molar refractivity (Wildman–Crippen MR) is 81.1 cm³/mol. The molecule has 1 rings (SSSR count). The maximum absolute atomic E-state index is 3.69. The Morgan fingerprint density at radius 2 is 1.61 bits per heavy atom. The first-order chi connectivity index (χ1) is 8.65. The van der Waals surface area contributed by atoms with E-state index < -0.39 is 0 Å². The van der Waals surface area contributed by atoms with Crippen molar-refractivity contribution in [3.8, 4) is 0 Å². The van der Waals surface area contributed by atoms with Crippen LogP contribution < -0.4 is 5.32 Å². The Labute approximate surface area is 113 Å². The van der Waals surface area contributed by atoms with Crippen LogP contribution in [0.1, 0.15) is 58.1 Å². The molecule has 0 aliphatic carbocycles. The van der Waals surface area contributed by atoms with E-state index in [2.05, 4.69) is 57.3 Å². The summed E-state index contributed by atoms with van der Waals surface area (Å²) in [5, 5.41) is 3.69. The number of unbranched alkanes of at least 4 members (excludes halogenated alkanes) is 1. The van der Waals surface area contributed by atoms with Crippen LogP contribution in [0.25, 0.3) is 0 Å². The van der Waals surface area contributed by atoms with Crippen LogP contribution in [0, 0.1) is 0 Å². The highest BCUT2D eigenvalue weighted by molar-refractivity contribution is 5.23. The zero-order chi connectivity index (χ0) is 13.4. The molecule has 0 bridgehead atoms. The molecule has 1 nitrogen and oxygen atoms in total. The third-order valence-corrected chi connectivity index (χ3v) is 3.39. The second-order valence-electron chi connectivity index (χ2n) is 5.53. The van der Waals surface area contributed by atoms with Gasteiger partial charge in [-0.3, -0.25) is 0 Å². The van der Waals surface area contributed by atoms with Gasteiger partial charge in [0, 0.05) is 12.1 Å². The Bertz CT molecular complexity index is 313. The lowest BCUT2D eigenvalue weighted by atomic mass is 9.99. The van der Waals surface area contributed by atoms with Crippen molar-refractivity contribution in [2.24, 2.45) is 0 Å². The fraction of sp³-hybridized carbons (Fsp3) is 0.647. The lowest BCUT2D eigenvalue weighted by Crippen LogP contribution is -2.36. The number of aryl methyl sites for hydroxylation is 1. The minimum atomic E-state index is 0.571. The van der Waals surface area contributed by atoms with Gasteiger partial charge >= 0.3 is 0 Å². The maximum atomic E-state index is 3.69. The Kier molecular flexibility index (Phi) is 7.04. The van der Waals surface area contributed by atoms with Gasteiger partial charge in [-0.2, -0.15) is 0 Å². The van der Waals surface area contributed by atoms with Gasteiger partial charge in [0.1, 0.15) is 0 Å². The topological polar surface area (TPSA) is 12.0 Å². The molecule has 0 aliphatic heterocycles. The number of hydrogen-bond acceptors (Lipinski definition) is 1. The van der Waals surface area contributed by atoms with Crippen molar-refractivity contribution in [2.45, 2.75) is 71.9 Å². The van der Waals surface area contributed by atoms with E-state index >= 15 is 0 Å². The summed E-state index contributed by atoms with van der Waals surface area (Å²) in [6, 6.07) is 10.3. The summed E-state index contributed by atoms with van der Waals surface area (Å²) in [6.07, 6.45) is 6.17. The second kappa shape index (κ2) is 8.31. The van der Waals surface area contributed by atoms with Crippen molar-refractivity contribution in [1.29, 1.82) is 0 Å². The summed E-state index contributed by atoms with van der Waals surface area (Å²) in [5.74, 6) is 0. The van der Waals surface area contributed by atoms with E-state index in [9.17, 15) is 0 Å². The molecule has 0 fully saturated rings. The summed E-state index contributed by atoms with van der Waals surface area (Å²) >= 11 is 0. The van der Waals surface area contributed by atoms with Crippen LogP contribution in [0.2, 0.25) is 0 Å². The van der Waals surface area contributed by atoms with Gasteiger partial charge in [-0.25, -0.2) is 0 Å². The molecule has 102 valence electrons. The maximum Gasteiger partial charge on any atom is 0.0110 e. The molecule has 1 aromatic carbocycles. The molecule has 1 unspecified atom stereocenters. The number of nitrogens with one attached hydrogen (secondary N) is 1. The quantitative estimate of drug-likeness (QED) is 0.720. The number of hydrogen-bond donors (Lipinski definition) is 1. The second-order valence-corrected chi connectivity index (χ2v) is 5.53. The van der Waals surface area contributed by atoms with Crippen molar-refractivity contribution < 1.29 is 0 Å². The molecular formula is C17H29N. The summed E-state index contributed by atoms with van der Waals surface area (Å²) in [5.41, 5.74) is 2.89. The minimum absolute atomic E-state index is 0.571. The first kappa shape index (κ1) is 15.2. The van der Waals surface area contributed by atoms with Crippen molar-refractivity contribution >= 4 is 0 Å². The van der Waals surface area contributed by atoms with E-state index in [1.807, 2.05) is 0 Å². The van der Waals surface area contributed by atoms with E-state index in [4.69, 9.17) is 0 Å². The highest BCUT2D eigenvalue weighted by Crippen LogP contribution is 2.11. The van der Waals surface area contributed by atoms with Crippen LogP contribution in [0.3, 0.4) is 0 Å². The summed E-state index contributed by atoms with van der Waals surface area (Å²) in [4.78, 5) is 0. The summed E-state index contributed by atoms with van der Waals surface area (Å²) in [7, 11) is 0. The fourth-order valence-electron chi connectivity index (χ4n) is 2.36. The van der Waals surface area contributed by atoms with Crippen molar-refractivity contribution in [1.82, 2.24) is 5.32 Å². The first-order valence-corrected chi connectivity index (χ1v) is 7.49. The van der Waals surface area contributed by atoms with E-state index in [1.54, 1.807) is 0 Å². The molecule has 0 saturated heterocycles. The molecule has 1 N–H and O–H groups in total. The van der Waals surface area contributed by atoms with Gasteiger partial charge < -0.3 is 5.32 Å². The van der Waals surface area contributed by atoms with E-state index in [0.717, 1.165) is 12.8 Å². The largest absolute Gasteiger partial charge is 0.311 e. The molecule has 0 aromatic heterocycles. The third-order valence-electron chi connectivity index (χ3n) is 3.39. The average Bonchev–Trinajstić information content (AvgIpc) is 2.36. The molecule has 0 aliphatic rings. The van der Waals surface area contributed by atoms with Crippen molar-refractivity contribution in [3.63, 3.8) is 0 Å². The van der Waals surface area contributed by atoms with Gasteiger partial charge in [-0.05, 0) is 30.4 Å². The molecule has 0 spiro atoms. The van der Waals surface area contributed by atoms with Crippen molar-refractivity contribution in [2.75, 3.05) is 0 Å². The minimum Gasteiger partial charge on any atom is -0.311 e. The monoisotopic (exact) mass is 247 g/mol. The highest BCUT2D eigenvalue weighted by atomic mass is 14.9. The molecule has 0 amide bonds. The van der Waals surface area contributed by atoms with Crippen LogP contribution in [-0.4, -0.2) is 12.1 Å². The molecule has 1 aromatic rings. The first-order valence-electron chi connectivity index (χ1n) is 7.49. The molecule has 18 heavy (non-hydrogen) atoms. The molecule has 1 heteroatoms. The van der Waals surface area contributed by atoms with Crippen molar-refractivity contribution in [3.05, 3.63) is 35.4 Å². The van der Waals surface area contributed by atoms with Gasteiger partial charge in [-0.1, -0.05) is 64.8 Å². The molecule has 1 atom stereocenters. The molecule has 0 heterocycles. The number of benzene rings is 1. The fourth-order valence-corrected chi connectivity index (χ4v) is 2.36. The van der Waals surface area contributed by atoms with Crippen LogP contribution in [0.15, 0.2) is 24.3 Å². The molecule has 0 radical (unpaired) electrons. The molecular weight excluding hydrogens is 218 g/mol. The zero-order valence-corrected chi connectivity index (χ0v) is 12.5. The predicted octanol–water partition coefficient (Wildman–Crippen LogP) is 4.35. The van der Waals surface area contributed by atoms with Crippen LogP contribution in [-0.2, 0) is 12.8 Å². The van der Waals surface area contributed by atoms with Crippen LogP contribution >= 0.6 is 0 Å². The highest BCUT2D eigenvalue weighted by Gasteiger charge is 2.10. The number of rotatable bonds is 8. The average molecular weight is 247 g/mol. The van der Waals surface area contributed by atoms with Crippen LogP contribution in [0.5, 0.6) is 0 Å². The van der Waals surface area contributed by atoms with E-state index in [0.29, 0.717) is 12.1 Å². The lowest BCUT2D eigenvalue weighted by molar-refractivity contribution is 0.425. The molecule has 0 saturated carbocycles. The summed E-state index contributed by atoms with van der Waals surface area (Å²) < 4.78 is 0. The standard InChI is InChI=1S/C17H29N/c1-5-7-8-17(18-14(3)4)13-16-11-9-15(6-2)10-12-16/h9-12,14,17-18H,5-8,13H2,1-4H3. The van der Waals surface area contributed by atoms with Gasteiger partial charge in [-0.15, -0.1) is 0 Å². The van der Waals surface area contributed by atoms with Gasteiger partial charge in [0.15, 0.2) is 0 Å². The van der Waals surface area contributed by atoms with Gasteiger partial charge in [0.2, 0.25) is 0 Å². The van der Waals surface area contributed by atoms with E-state index in [-0.39, 0.29) is 0 Å². The van der Waals surface area contributed by atoms with Gasteiger partial charge in [0.05, 0.1) is 0 Å². The van der Waals surface area contributed by atoms with Crippen LogP contribution in [0.4, 0.5) is 0 Å². The Hall–Kier alpha value is -0.820. The zero-order valence-electron chi connectivity index (χ0n) is 12.5. The van der Waals surface area contributed by atoms with Gasteiger partial charge in [0.25, 0.3) is 0 Å². The lowest BCUT2D eigenvalue weighted by Gasteiger charge is -2.21. The smallest absolute Gasteiger partial charge is 0.0110 e.